The lowest BCUT2D eigenvalue weighted by Crippen LogP contribution is -2.12. The van der Waals surface area contributed by atoms with Crippen LogP contribution in [0, 0.1) is 24.9 Å². The number of ketones is 1. The monoisotopic (exact) mass is 1690 g/mol. The van der Waals surface area contributed by atoms with E-state index >= 15 is 0 Å². The highest BCUT2D eigenvalue weighted by Crippen LogP contribution is 2.24. The zero-order valence-electron chi connectivity index (χ0n) is 61.6. The van der Waals surface area contributed by atoms with Gasteiger partial charge in [0, 0.05) is 310 Å². The summed E-state index contributed by atoms with van der Waals surface area (Å²) >= 11 is 0. The zero-order chi connectivity index (χ0) is 88.1. The number of ether oxygens (including phenoxy) is 5. The van der Waals surface area contributed by atoms with Gasteiger partial charge in [-0.3, -0.25) is 9.59 Å². The van der Waals surface area contributed by atoms with E-state index in [0.717, 1.165) is 43.1 Å². The lowest BCUT2D eigenvalue weighted by atomic mass is 10.1. The van der Waals surface area contributed by atoms with Crippen LogP contribution in [0.4, 0.5) is 5.69 Å². The molecule has 0 aliphatic heterocycles. The number of nitrogens with one attached hydrogen (secondary N) is 3. The van der Waals surface area contributed by atoms with Gasteiger partial charge in [0.15, 0.2) is 5.78 Å². The Morgan fingerprint density at radius 2 is 0.554 bits per heavy atom. The summed E-state index contributed by atoms with van der Waals surface area (Å²) < 4.78 is 25.2. The van der Waals surface area contributed by atoms with Crippen molar-refractivity contribution in [3.05, 3.63) is 114 Å². The quantitative estimate of drug-likeness (QED) is 0.00912. The molecule has 3 N–H and O–H groups in total. The molecule has 3 aromatic rings. The Morgan fingerprint density at radius 1 is 0.322 bits per heavy atom. The van der Waals surface area contributed by atoms with E-state index in [1.165, 1.54) is 43.7 Å². The van der Waals surface area contributed by atoms with Crippen LogP contribution >= 0.6 is 0 Å². The van der Waals surface area contributed by atoms with Gasteiger partial charge in [-0.2, -0.15) is 11.1 Å². The number of anilines is 1. The van der Waals surface area contributed by atoms with Crippen LogP contribution < -0.4 is 14.8 Å². The molecule has 0 radical (unpaired) electrons. The van der Waals surface area contributed by atoms with E-state index in [2.05, 4.69) is 374 Å². The van der Waals surface area contributed by atoms with Gasteiger partial charge < -0.3 is 29.0 Å². The van der Waals surface area contributed by atoms with Crippen molar-refractivity contribution in [2.75, 3.05) is 38.9 Å². The molecule has 0 saturated heterocycles. The van der Waals surface area contributed by atoms with E-state index in [1.54, 1.807) is 19.2 Å². The minimum absolute atomic E-state index is 0.234. The number of carbonyl (C=O) groups is 5. The molecule has 0 aliphatic carbocycles. The number of hydrogen-bond acceptors (Lipinski definition) is 12. The summed E-state index contributed by atoms with van der Waals surface area (Å²) in [6, 6.07) is 19.4. The van der Waals surface area contributed by atoms with Gasteiger partial charge in [0.2, 0.25) is 5.91 Å². The molecule has 0 unspecified atom stereocenters. The Morgan fingerprint density at radius 3 is 0.785 bits per heavy atom. The largest absolute Gasteiger partial charge is 0.494 e. The fraction of sp³-hybridized carbons (Fsp3) is 0.325. The number of Topliss-reactive ketones (excluding diaryl/α,β-unsaturated/α-hetero) is 1. The van der Waals surface area contributed by atoms with E-state index in [9.17, 15) is 24.0 Å². The first-order valence-corrected chi connectivity index (χ1v) is 30.2. The topological polar surface area (TPSA) is 1030 Å². The zero-order valence-corrected chi connectivity index (χ0v) is 61.6. The molecular weight excluding hydrogens is 1630 g/mol. The van der Waals surface area contributed by atoms with E-state index < -0.39 is 5.97 Å². The molecule has 0 aromatic heterocycles. The maximum atomic E-state index is 12.1. The molecule has 0 spiro atoms. The fourth-order valence-electron chi connectivity index (χ4n) is 5.06. The van der Waals surface area contributed by atoms with Crippen LogP contribution in [0.15, 0.2) is 447 Å². The lowest BCUT2D eigenvalue weighted by Gasteiger charge is -2.10. The maximum absolute atomic E-state index is 12.1. The van der Waals surface area contributed by atoms with Gasteiger partial charge in [0.05, 0.1) is 31.1 Å². The predicted molar refractivity (Wildman–Crippen MR) is 367 cm³/mol. The van der Waals surface area contributed by atoms with Gasteiger partial charge in [0.25, 0.3) is 0 Å². The van der Waals surface area contributed by atoms with Crippen LogP contribution in [0.5, 0.6) is 11.5 Å². The second-order valence-corrected chi connectivity index (χ2v) is 17.1. The Kier molecular flexibility index (Phi) is 67.1. The van der Waals surface area contributed by atoms with Gasteiger partial charge in [-0.1, -0.05) is 48.6 Å². The highest BCUT2D eigenvalue weighted by molar-refractivity contribution is 6.04. The number of amides is 1. The number of methoxy groups -OCH3 is 1. The van der Waals surface area contributed by atoms with Crippen molar-refractivity contribution in [1.29, 1.82) is 11.1 Å². The smallest absolute Gasteiger partial charge is 0.343 e. The van der Waals surface area contributed by atoms with E-state index in [1.807, 2.05) is 50.2 Å². The second-order valence-electron chi connectivity index (χ2n) is 17.1. The van der Waals surface area contributed by atoms with E-state index in [0.29, 0.717) is 37.7 Å². The van der Waals surface area contributed by atoms with Crippen molar-refractivity contribution >= 4 is 35.3 Å². The second kappa shape index (κ2) is 80.0. The Bertz CT molecular complexity index is 4470. The Labute approximate surface area is 665 Å². The molecule has 81 heteroatoms. The van der Waals surface area contributed by atoms with Gasteiger partial charge in [-0.25, -0.2) is 14.4 Å². The summed E-state index contributed by atoms with van der Waals surface area (Å²) in [5.41, 5.74) is 15.9. The first-order valence-electron chi connectivity index (χ1n) is 30.2. The molecular formula is C40H51N71O10. The van der Waals surface area contributed by atoms with Crippen molar-refractivity contribution in [1.82, 2.24) is 0 Å². The van der Waals surface area contributed by atoms with Crippen molar-refractivity contribution in [3.63, 3.8) is 0 Å². The molecule has 626 valence electrons. The third-order valence-corrected chi connectivity index (χ3v) is 9.26. The highest BCUT2D eigenvalue weighted by Gasteiger charge is 2.14. The average Bonchev–Trinajstić information content (AvgIpc) is 0.834. The molecule has 0 bridgehead atoms. The van der Waals surface area contributed by atoms with E-state index in [4.69, 9.17) is 34.7 Å². The molecule has 81 nitrogen and oxygen atoms in total. The number of benzene rings is 3. The summed E-state index contributed by atoms with van der Waals surface area (Å²) in [6.07, 6.45) is 5.75. The first-order chi connectivity index (χ1) is 59.3. The van der Waals surface area contributed by atoms with Crippen molar-refractivity contribution in [2.45, 2.75) is 53.4 Å². The van der Waals surface area contributed by atoms with Gasteiger partial charge in [-0.15, -0.1) is 0 Å². The van der Waals surface area contributed by atoms with Crippen molar-refractivity contribution in [2.24, 2.45) is 355 Å². The Hall–Kier alpha value is -19.5. The van der Waals surface area contributed by atoms with Crippen LogP contribution in [-0.4, -0.2) is 63.1 Å². The van der Waals surface area contributed by atoms with Gasteiger partial charge in [-0.05, 0) is 172 Å². The van der Waals surface area contributed by atoms with Crippen molar-refractivity contribution in [3.8, 4) is 11.5 Å². The number of carbonyl (C=O) groups excluding carboxylic acids is 5. The lowest BCUT2D eigenvalue weighted by molar-refractivity contribution is -0.138. The summed E-state index contributed by atoms with van der Waals surface area (Å²) in [6.45, 7) is 15.5. The molecule has 0 saturated carbocycles. The van der Waals surface area contributed by atoms with Crippen LogP contribution in [0.2, 0.25) is 0 Å². The molecule has 0 fully saturated rings. The third-order valence-electron chi connectivity index (χ3n) is 9.26. The number of nitrogens with zero attached hydrogens (tertiary/aromatic N) is 68. The number of esters is 3. The summed E-state index contributed by atoms with van der Waals surface area (Å²) in [4.78, 5) is 56.1. The summed E-state index contributed by atoms with van der Waals surface area (Å²) in [7, 11) is 1.65. The predicted octanol–water partition coefficient (Wildman–Crippen LogP) is 20.5. The maximum Gasteiger partial charge on any atom is 0.343 e. The summed E-state index contributed by atoms with van der Waals surface area (Å²) in [5, 5.41) is 204. The standard InChI is InChI=1S/C18H17NO4.C14H18O3.C8H14O3.H2N70/c1-11-4-6-14(7-5-11)18(22)23-15-8-9-17(19-13(3)21)16(10-15)12(2)20;1-3-14(15)17-11-5-4-10-16-13-8-6-12(2)7-9-13;1-3-8(9)11-7-5-4-6-10-2;1-3-5-7-9-11-13-15-17-19-21-23-25-27-29-31-33-35-37-39-41-43-45-47-49-51-53-55-57-59-61-63-65-67-69-70-68-66-64-62-60-58-56-54-52-50-48-46-44-42-40-38-36-34-32-30-28-26-24-22-20-18-16-14-12-10-8-6-4-2/h4-10H,1-3H3,(H,19,21);3,6-9H,1,4-5,10-11H2,2H3;3H,1,4-7H2,2H3;1-2H/b;;;3-1?,4-2?,7-5+,8-6+,11-9+,12-10+,15-13+,16-14+,19-17+,20-18+,23-21+,24-22+,27-25+,28-26+,31-29+,32-30+,35-33+,36-34+,39-37+,40-38+,43-41+,44-42+,47-45+,48-46+,51-49+,52-50+,55-53+,56-54+,59-57+,60-58+,63-61+,64-62+,67-65+,68-66+,70-69+. The molecule has 121 heavy (non-hydrogen) atoms. The van der Waals surface area contributed by atoms with Gasteiger partial charge in [0.1, 0.15) is 11.5 Å². The summed E-state index contributed by atoms with van der Waals surface area (Å²) in [5.74, 6) is -0.633. The average molecular weight is 1690 g/mol. The van der Waals surface area contributed by atoms with Crippen LogP contribution in [-0.2, 0) is 28.6 Å². The van der Waals surface area contributed by atoms with Crippen LogP contribution in [0.25, 0.3) is 0 Å². The number of rotatable bonds is 51. The minimum atomic E-state index is -0.508. The minimum Gasteiger partial charge on any atom is -0.494 e. The van der Waals surface area contributed by atoms with E-state index in [-0.39, 0.29) is 34.9 Å². The third kappa shape index (κ3) is 71.8. The molecule has 0 atom stereocenters. The highest BCUT2D eigenvalue weighted by atomic mass is 16.5. The first kappa shape index (κ1) is 101. The Balaban J connectivity index is 0.00000222. The SMILES string of the molecule is C=CC(=O)OCCCCOC.C=CC(=O)OCCCCOc1ccc(C)cc1.CC(=O)Nc1ccc(OC(=O)c2ccc(C)cc2)cc1C(C)=O.N=N/N=N/N=N/N=N/N=N/N=N/N=N/N=N/N=N/N=N/N=N/N=N/N=N/N=N/N=N/N=N/N=N/N=N/N=N/N=N/N=N/N=N/N=N/N=N/N=N/N=N/N=N/N=N/N=N/N=N/N=N/N=N/N=N/N=N/N=N. The molecule has 3 rings (SSSR count). The van der Waals surface area contributed by atoms with Gasteiger partial charge >= 0.3 is 17.9 Å². The molecule has 0 aliphatic rings. The van der Waals surface area contributed by atoms with Crippen LogP contribution in [0.3, 0.4) is 0 Å². The van der Waals surface area contributed by atoms with Crippen LogP contribution in [0.1, 0.15) is 71.4 Å². The normalized spacial score (nSPS) is 13.0. The number of hydrogen-bond donors (Lipinski definition) is 3. The molecule has 0 heterocycles. The molecule has 3 aromatic carbocycles. The number of aryl methyl sites for hydroxylation is 2. The molecule has 1 amide bonds. The number of unbranched alkanes of at least 4 members (excludes halogenated alkanes) is 2. The fourth-order valence-corrected chi connectivity index (χ4v) is 5.06. The van der Waals surface area contributed by atoms with Crippen molar-refractivity contribution < 1.29 is 47.7 Å².